The van der Waals surface area contributed by atoms with Crippen LogP contribution in [0.5, 0.6) is 0 Å². The smallest absolute Gasteiger partial charge is 0.254 e. The molecule has 1 aliphatic heterocycles. The third-order valence-corrected chi connectivity index (χ3v) is 7.49. The third kappa shape index (κ3) is 4.28. The van der Waals surface area contributed by atoms with Crippen LogP contribution in [0.4, 0.5) is 0 Å². The van der Waals surface area contributed by atoms with Crippen LogP contribution < -0.4 is 11.1 Å². The zero-order valence-electron chi connectivity index (χ0n) is 13.5. The van der Waals surface area contributed by atoms with Gasteiger partial charge in [0.05, 0.1) is 10.7 Å². The number of aryl methyl sites for hydroxylation is 2. The van der Waals surface area contributed by atoms with Gasteiger partial charge < -0.3 is 11.1 Å². The first kappa shape index (κ1) is 18.3. The Balaban J connectivity index is 2.17. The summed E-state index contributed by atoms with van der Waals surface area (Å²) < 4.78 is 27.8. The molecule has 1 fully saturated rings. The molecule has 0 spiro atoms. The highest BCUT2D eigenvalue weighted by Crippen LogP contribution is 2.30. The lowest BCUT2D eigenvalue weighted by atomic mass is 10.1. The molecule has 0 saturated carbocycles. The van der Waals surface area contributed by atoms with Gasteiger partial charge in [-0.2, -0.15) is 4.31 Å². The number of nitrogens with zero attached hydrogens (tertiary/aromatic N) is 2. The van der Waals surface area contributed by atoms with Gasteiger partial charge in [-0.25, -0.2) is 13.4 Å². The van der Waals surface area contributed by atoms with Crippen LogP contribution >= 0.6 is 11.3 Å². The molecule has 3 N–H and O–H groups in total. The fourth-order valence-electron chi connectivity index (χ4n) is 2.80. The van der Waals surface area contributed by atoms with Crippen LogP contribution in [0, 0.1) is 13.8 Å². The second-order valence-corrected chi connectivity index (χ2v) is 9.00. The van der Waals surface area contributed by atoms with E-state index in [0.717, 1.165) is 24.3 Å². The molecule has 1 amide bonds. The predicted molar refractivity (Wildman–Crippen MR) is 89.8 cm³/mol. The van der Waals surface area contributed by atoms with Gasteiger partial charge in [-0.15, -0.1) is 11.3 Å². The van der Waals surface area contributed by atoms with Crippen molar-refractivity contribution < 1.29 is 13.2 Å². The van der Waals surface area contributed by atoms with Crippen molar-refractivity contribution >= 4 is 27.3 Å². The molecule has 0 radical (unpaired) electrons. The largest absolute Gasteiger partial charge is 0.354 e. The molecular formula is C14H24N4O3S2. The molecule has 130 valence electrons. The Kier molecular flexibility index (Phi) is 6.12. The van der Waals surface area contributed by atoms with Crippen LogP contribution in [0.25, 0.3) is 0 Å². The monoisotopic (exact) mass is 360 g/mol. The lowest BCUT2D eigenvalue weighted by Gasteiger charge is -2.34. The van der Waals surface area contributed by atoms with Crippen molar-refractivity contribution in [3.63, 3.8) is 0 Å². The van der Waals surface area contributed by atoms with E-state index in [9.17, 15) is 13.2 Å². The molecule has 2 heterocycles. The molecule has 1 saturated heterocycles. The van der Waals surface area contributed by atoms with Crippen molar-refractivity contribution in [3.8, 4) is 0 Å². The van der Waals surface area contributed by atoms with E-state index in [1.54, 1.807) is 13.8 Å². The van der Waals surface area contributed by atoms with Crippen LogP contribution in [0.3, 0.4) is 0 Å². The molecule has 0 aliphatic carbocycles. The van der Waals surface area contributed by atoms with Gasteiger partial charge in [-0.3, -0.25) is 4.79 Å². The molecule has 1 aromatic heterocycles. The standard InChI is InChI=1S/C14H24N4O3S2/c1-10-14(22-11(2)17-10)23(20,21)18-8-4-3-5-12(18)9-16-13(19)6-7-15/h12H,3-9,15H2,1-2H3,(H,16,19). The summed E-state index contributed by atoms with van der Waals surface area (Å²) in [6.45, 7) is 4.62. The number of carbonyl (C=O) groups is 1. The molecule has 9 heteroatoms. The minimum Gasteiger partial charge on any atom is -0.354 e. The lowest BCUT2D eigenvalue weighted by Crippen LogP contribution is -2.49. The van der Waals surface area contributed by atoms with Crippen molar-refractivity contribution in [1.29, 1.82) is 0 Å². The number of amides is 1. The van der Waals surface area contributed by atoms with E-state index in [-0.39, 0.29) is 24.9 Å². The first-order valence-corrected chi connectivity index (χ1v) is 10.0. The summed E-state index contributed by atoms with van der Waals surface area (Å²) in [6.07, 6.45) is 2.80. The number of hydrogen-bond donors (Lipinski definition) is 2. The summed E-state index contributed by atoms with van der Waals surface area (Å²) >= 11 is 1.20. The number of piperidine rings is 1. The van der Waals surface area contributed by atoms with Crippen molar-refractivity contribution in [2.75, 3.05) is 19.6 Å². The number of hydrogen-bond acceptors (Lipinski definition) is 6. The summed E-state index contributed by atoms with van der Waals surface area (Å²) in [5, 5.41) is 3.53. The Morgan fingerprint density at radius 2 is 2.17 bits per heavy atom. The number of rotatable bonds is 6. The Hall–Kier alpha value is -1.03. The fraction of sp³-hybridized carbons (Fsp3) is 0.714. The average Bonchev–Trinajstić information content (AvgIpc) is 2.85. The third-order valence-electron chi connectivity index (χ3n) is 3.88. The molecule has 1 aliphatic rings. The molecule has 7 nitrogen and oxygen atoms in total. The van der Waals surface area contributed by atoms with Crippen LogP contribution in [0.15, 0.2) is 4.21 Å². The number of thiazole rings is 1. The summed E-state index contributed by atoms with van der Waals surface area (Å²) in [6, 6.07) is -0.211. The Morgan fingerprint density at radius 1 is 1.43 bits per heavy atom. The van der Waals surface area contributed by atoms with Crippen LogP contribution in [-0.2, 0) is 14.8 Å². The van der Waals surface area contributed by atoms with E-state index in [1.165, 1.54) is 15.6 Å². The maximum absolute atomic E-state index is 13.0. The molecule has 23 heavy (non-hydrogen) atoms. The van der Waals surface area contributed by atoms with Crippen LogP contribution in [-0.4, -0.2) is 49.3 Å². The van der Waals surface area contributed by atoms with Crippen LogP contribution in [0.2, 0.25) is 0 Å². The molecule has 1 atom stereocenters. The van der Waals surface area contributed by atoms with E-state index in [0.29, 0.717) is 23.0 Å². The molecular weight excluding hydrogens is 336 g/mol. The van der Waals surface area contributed by atoms with Crippen molar-refractivity contribution in [3.05, 3.63) is 10.7 Å². The number of nitrogens with two attached hydrogens (primary N) is 1. The van der Waals surface area contributed by atoms with Gasteiger partial charge in [0.25, 0.3) is 10.0 Å². The maximum atomic E-state index is 13.0. The normalized spacial score (nSPS) is 19.7. The topological polar surface area (TPSA) is 105 Å². The van der Waals surface area contributed by atoms with Gasteiger partial charge in [0.15, 0.2) is 4.21 Å². The van der Waals surface area contributed by atoms with Crippen LogP contribution in [0.1, 0.15) is 36.4 Å². The number of sulfonamides is 1. The average molecular weight is 361 g/mol. The first-order valence-electron chi connectivity index (χ1n) is 7.79. The summed E-state index contributed by atoms with van der Waals surface area (Å²) in [5.74, 6) is -0.139. The van der Waals surface area contributed by atoms with Gasteiger partial charge in [-0.1, -0.05) is 6.42 Å². The van der Waals surface area contributed by atoms with Crippen molar-refractivity contribution in [2.45, 2.75) is 49.8 Å². The second-order valence-electron chi connectivity index (χ2n) is 5.71. The molecule has 1 unspecified atom stereocenters. The first-order chi connectivity index (χ1) is 10.9. The molecule has 0 bridgehead atoms. The molecule has 2 rings (SSSR count). The van der Waals surface area contributed by atoms with E-state index in [2.05, 4.69) is 10.3 Å². The van der Waals surface area contributed by atoms with E-state index in [1.807, 2.05) is 0 Å². The SMILES string of the molecule is Cc1nc(C)c(S(=O)(=O)N2CCCCC2CNC(=O)CCN)s1. The van der Waals surface area contributed by atoms with E-state index in [4.69, 9.17) is 5.73 Å². The fourth-order valence-corrected chi connectivity index (χ4v) is 6.09. The molecule has 0 aromatic carbocycles. The minimum absolute atomic E-state index is 0.139. The van der Waals surface area contributed by atoms with Crippen molar-refractivity contribution in [2.24, 2.45) is 5.73 Å². The van der Waals surface area contributed by atoms with Gasteiger partial charge in [0, 0.05) is 32.1 Å². The highest BCUT2D eigenvalue weighted by atomic mass is 32.2. The summed E-state index contributed by atoms with van der Waals surface area (Å²) in [5.41, 5.74) is 5.90. The highest BCUT2D eigenvalue weighted by molar-refractivity contribution is 7.91. The maximum Gasteiger partial charge on any atom is 0.254 e. The summed E-state index contributed by atoms with van der Waals surface area (Å²) in [7, 11) is -3.57. The Bertz CT molecular complexity index is 657. The van der Waals surface area contributed by atoms with E-state index >= 15 is 0 Å². The van der Waals surface area contributed by atoms with E-state index < -0.39 is 10.0 Å². The number of nitrogens with one attached hydrogen (secondary N) is 1. The van der Waals surface area contributed by atoms with Gasteiger partial charge in [-0.05, 0) is 26.7 Å². The summed E-state index contributed by atoms with van der Waals surface area (Å²) in [4.78, 5) is 15.8. The highest BCUT2D eigenvalue weighted by Gasteiger charge is 2.35. The Morgan fingerprint density at radius 3 is 2.78 bits per heavy atom. The van der Waals surface area contributed by atoms with Gasteiger partial charge in [0.1, 0.15) is 0 Å². The van der Waals surface area contributed by atoms with Gasteiger partial charge in [0.2, 0.25) is 5.91 Å². The zero-order valence-corrected chi connectivity index (χ0v) is 15.2. The van der Waals surface area contributed by atoms with Gasteiger partial charge >= 0.3 is 0 Å². The molecule has 1 aromatic rings. The quantitative estimate of drug-likeness (QED) is 0.779. The number of aromatic nitrogens is 1. The Labute approximate surface area is 141 Å². The lowest BCUT2D eigenvalue weighted by molar-refractivity contribution is -0.121. The number of carbonyl (C=O) groups excluding carboxylic acids is 1. The van der Waals surface area contributed by atoms with Crippen molar-refractivity contribution in [1.82, 2.24) is 14.6 Å². The second kappa shape index (κ2) is 7.69. The minimum atomic E-state index is -3.57. The zero-order chi connectivity index (χ0) is 17.0. The predicted octanol–water partition coefficient (Wildman–Crippen LogP) is 0.768.